The third kappa shape index (κ3) is 7.75. The van der Waals surface area contributed by atoms with Crippen molar-refractivity contribution in [3.05, 3.63) is 29.8 Å². The second-order valence-corrected chi connectivity index (χ2v) is 5.27. The molecule has 0 bridgehead atoms. The van der Waals surface area contributed by atoms with Gasteiger partial charge in [-0.15, -0.1) is 0 Å². The first-order chi connectivity index (χ1) is 12.1. The summed E-state index contributed by atoms with van der Waals surface area (Å²) in [6.07, 6.45) is -4.93. The molecular formula is C15H18F3N5O3. The molecule has 11 heteroatoms. The Morgan fingerprint density at radius 2 is 1.88 bits per heavy atom. The number of nitrogens with two attached hydrogens (primary N) is 1. The molecule has 0 atom stereocenters. The molecular weight excluding hydrogens is 355 g/mol. The van der Waals surface area contributed by atoms with E-state index in [2.05, 4.69) is 10.4 Å². The lowest BCUT2D eigenvalue weighted by Crippen LogP contribution is -2.37. The highest BCUT2D eigenvalue weighted by Gasteiger charge is 2.30. The molecule has 0 saturated heterocycles. The first-order valence-electron chi connectivity index (χ1n) is 7.40. The lowest BCUT2D eigenvalue weighted by atomic mass is 10.1. The average molecular weight is 373 g/mol. The molecule has 142 valence electrons. The van der Waals surface area contributed by atoms with Crippen LogP contribution in [0.5, 0.6) is 0 Å². The number of nitrogens with one attached hydrogen (secondary N) is 3. The van der Waals surface area contributed by atoms with Crippen LogP contribution in [-0.2, 0) is 15.8 Å². The van der Waals surface area contributed by atoms with E-state index in [1.165, 1.54) is 19.1 Å². The smallest absolute Gasteiger partial charge is 0.326 e. The standard InChI is InChI=1S/C15H18F3N5O3/c1-9(22-23-14(26)21-19)7-12(24)5-6-13(25)20-11-4-2-3-10(8-11)15(16,17)18/h2-4,8H,5-7,19H2,1H3,(H,20,25)(H2,21,23,26). The van der Waals surface area contributed by atoms with Crippen molar-refractivity contribution in [3.8, 4) is 0 Å². The van der Waals surface area contributed by atoms with Gasteiger partial charge in [-0.1, -0.05) is 6.07 Å². The summed E-state index contributed by atoms with van der Waals surface area (Å²) in [4.78, 5) is 34.3. The monoisotopic (exact) mass is 373 g/mol. The van der Waals surface area contributed by atoms with E-state index in [1.807, 2.05) is 5.43 Å². The van der Waals surface area contributed by atoms with E-state index >= 15 is 0 Å². The summed E-state index contributed by atoms with van der Waals surface area (Å²) in [7, 11) is 0. The van der Waals surface area contributed by atoms with Crippen LogP contribution in [0.1, 0.15) is 31.7 Å². The Kier molecular flexibility index (Phi) is 7.72. The van der Waals surface area contributed by atoms with E-state index in [0.717, 1.165) is 12.1 Å². The van der Waals surface area contributed by atoms with Crippen LogP contribution in [0.3, 0.4) is 0 Å². The van der Waals surface area contributed by atoms with Gasteiger partial charge >= 0.3 is 12.2 Å². The Hall–Kier alpha value is -2.95. The van der Waals surface area contributed by atoms with Crippen molar-refractivity contribution in [2.24, 2.45) is 10.9 Å². The summed E-state index contributed by atoms with van der Waals surface area (Å²) in [6, 6.07) is 3.44. The number of benzene rings is 1. The van der Waals surface area contributed by atoms with Crippen molar-refractivity contribution in [1.82, 2.24) is 10.9 Å². The number of carbonyl (C=O) groups excluding carboxylic acids is 3. The molecule has 0 aromatic heterocycles. The molecule has 26 heavy (non-hydrogen) atoms. The number of hydrogen-bond donors (Lipinski definition) is 4. The van der Waals surface area contributed by atoms with Crippen LogP contribution in [0, 0.1) is 0 Å². The molecule has 8 nitrogen and oxygen atoms in total. The number of urea groups is 1. The maximum atomic E-state index is 12.6. The van der Waals surface area contributed by atoms with E-state index in [1.54, 1.807) is 5.43 Å². The van der Waals surface area contributed by atoms with Gasteiger partial charge in [0.25, 0.3) is 0 Å². The Morgan fingerprint density at radius 1 is 1.19 bits per heavy atom. The fourth-order valence-corrected chi connectivity index (χ4v) is 1.84. The summed E-state index contributed by atoms with van der Waals surface area (Å²) < 4.78 is 37.8. The molecule has 0 spiro atoms. The fraction of sp³-hybridized carbons (Fsp3) is 0.333. The van der Waals surface area contributed by atoms with Gasteiger partial charge in [0, 0.05) is 30.7 Å². The van der Waals surface area contributed by atoms with E-state index < -0.39 is 23.7 Å². The Morgan fingerprint density at radius 3 is 2.50 bits per heavy atom. The maximum absolute atomic E-state index is 12.6. The lowest BCUT2D eigenvalue weighted by Gasteiger charge is -2.09. The van der Waals surface area contributed by atoms with Gasteiger partial charge in [-0.2, -0.15) is 18.3 Å². The van der Waals surface area contributed by atoms with E-state index in [4.69, 9.17) is 5.84 Å². The third-order valence-corrected chi connectivity index (χ3v) is 3.04. The number of alkyl halides is 3. The number of ketones is 1. The first kappa shape index (κ1) is 21.1. The fourth-order valence-electron chi connectivity index (χ4n) is 1.84. The van der Waals surface area contributed by atoms with Gasteiger partial charge in [0.1, 0.15) is 5.78 Å². The molecule has 0 fully saturated rings. The minimum absolute atomic E-state index is 0.00739. The molecule has 1 aromatic carbocycles. The highest BCUT2D eigenvalue weighted by atomic mass is 19.4. The topological polar surface area (TPSA) is 126 Å². The number of halogens is 3. The maximum Gasteiger partial charge on any atom is 0.416 e. The summed E-state index contributed by atoms with van der Waals surface area (Å²) in [5, 5.41) is 5.92. The van der Waals surface area contributed by atoms with Crippen LogP contribution in [0.2, 0.25) is 0 Å². The van der Waals surface area contributed by atoms with Crippen LogP contribution < -0.4 is 22.0 Å². The van der Waals surface area contributed by atoms with Crippen molar-refractivity contribution >= 4 is 29.1 Å². The van der Waals surface area contributed by atoms with Gasteiger partial charge in [-0.25, -0.2) is 16.1 Å². The van der Waals surface area contributed by atoms with Gasteiger partial charge in [-0.3, -0.25) is 15.0 Å². The summed E-state index contributed by atoms with van der Waals surface area (Å²) in [5.41, 5.74) is 3.24. The molecule has 1 rings (SSSR count). The predicted octanol–water partition coefficient (Wildman–Crippen LogP) is 1.93. The van der Waals surface area contributed by atoms with Crippen LogP contribution in [-0.4, -0.2) is 23.4 Å². The molecule has 0 radical (unpaired) electrons. The van der Waals surface area contributed by atoms with Crippen LogP contribution >= 0.6 is 0 Å². The van der Waals surface area contributed by atoms with Crippen LogP contribution in [0.25, 0.3) is 0 Å². The van der Waals surface area contributed by atoms with Crippen molar-refractivity contribution in [2.75, 3.05) is 5.32 Å². The Bertz CT molecular complexity index is 704. The van der Waals surface area contributed by atoms with Gasteiger partial charge in [0.15, 0.2) is 0 Å². The third-order valence-electron chi connectivity index (χ3n) is 3.04. The molecule has 0 aliphatic carbocycles. The highest BCUT2D eigenvalue weighted by Crippen LogP contribution is 2.30. The molecule has 0 unspecified atom stereocenters. The number of nitrogens with zero attached hydrogens (tertiary/aromatic N) is 1. The zero-order chi connectivity index (χ0) is 19.7. The molecule has 1 aromatic rings. The number of hydrogen-bond acceptors (Lipinski definition) is 5. The normalized spacial score (nSPS) is 11.7. The number of Topliss-reactive ketones (excluding diaryl/α,β-unsaturated/α-hetero) is 1. The lowest BCUT2D eigenvalue weighted by molar-refractivity contribution is -0.137. The van der Waals surface area contributed by atoms with Gasteiger partial charge in [-0.05, 0) is 25.1 Å². The van der Waals surface area contributed by atoms with Gasteiger partial charge < -0.3 is 5.32 Å². The zero-order valence-electron chi connectivity index (χ0n) is 13.8. The minimum Gasteiger partial charge on any atom is -0.326 e. The summed E-state index contributed by atoms with van der Waals surface area (Å²) in [6.45, 7) is 1.50. The highest BCUT2D eigenvalue weighted by molar-refractivity contribution is 6.02. The van der Waals surface area contributed by atoms with Crippen LogP contribution in [0.4, 0.5) is 23.7 Å². The molecule has 3 amide bonds. The molecule has 0 aliphatic rings. The minimum atomic E-state index is -4.51. The van der Waals surface area contributed by atoms with Crippen LogP contribution in [0.15, 0.2) is 29.4 Å². The predicted molar refractivity (Wildman–Crippen MR) is 87.9 cm³/mol. The van der Waals surface area contributed by atoms with Crippen molar-refractivity contribution in [1.29, 1.82) is 0 Å². The molecule has 0 heterocycles. The average Bonchev–Trinajstić information content (AvgIpc) is 2.57. The van der Waals surface area contributed by atoms with E-state index in [0.29, 0.717) is 5.71 Å². The zero-order valence-corrected chi connectivity index (χ0v) is 13.8. The second-order valence-electron chi connectivity index (χ2n) is 5.27. The number of anilines is 1. The Balaban J connectivity index is 2.47. The first-order valence-corrected chi connectivity index (χ1v) is 7.40. The largest absolute Gasteiger partial charge is 0.416 e. The number of hydrazine groups is 1. The number of hydrazone groups is 1. The SMILES string of the molecule is CC(CC(=O)CCC(=O)Nc1cccc(C(F)(F)F)c1)=NNC(=O)NN. The number of carbonyl (C=O) groups is 3. The van der Waals surface area contributed by atoms with Crippen molar-refractivity contribution in [2.45, 2.75) is 32.4 Å². The molecule has 0 saturated carbocycles. The van der Waals surface area contributed by atoms with Gasteiger partial charge in [0.05, 0.1) is 5.56 Å². The van der Waals surface area contributed by atoms with E-state index in [9.17, 15) is 27.6 Å². The molecule has 0 aliphatic heterocycles. The number of amides is 3. The quantitative estimate of drug-likeness (QED) is 0.252. The summed E-state index contributed by atoms with van der Waals surface area (Å²) in [5.74, 6) is 3.92. The van der Waals surface area contributed by atoms with Gasteiger partial charge in [0.2, 0.25) is 5.91 Å². The molecule has 5 N–H and O–H groups in total. The number of rotatable bonds is 7. The van der Waals surface area contributed by atoms with Crippen molar-refractivity contribution < 1.29 is 27.6 Å². The summed E-state index contributed by atoms with van der Waals surface area (Å²) >= 11 is 0. The Labute approximate surface area is 147 Å². The van der Waals surface area contributed by atoms with E-state index in [-0.39, 0.29) is 30.7 Å². The second kappa shape index (κ2) is 9.51. The van der Waals surface area contributed by atoms with Crippen molar-refractivity contribution in [3.63, 3.8) is 0 Å².